The molecule has 1 aliphatic rings. The van der Waals surface area contributed by atoms with E-state index in [1.54, 1.807) is 28.8 Å². The number of hydrogen-bond acceptors (Lipinski definition) is 7. The van der Waals surface area contributed by atoms with Gasteiger partial charge in [0.25, 0.3) is 5.91 Å². The van der Waals surface area contributed by atoms with Crippen LogP contribution in [0.2, 0.25) is 0 Å². The number of carbonyl (C=O) groups excluding carboxylic acids is 2. The zero-order valence-electron chi connectivity index (χ0n) is 20.5. The van der Waals surface area contributed by atoms with Gasteiger partial charge in [0.2, 0.25) is 10.0 Å². The smallest absolute Gasteiger partial charge is 0.325 e. The highest BCUT2D eigenvalue weighted by Gasteiger charge is 2.32. The first-order valence-corrected chi connectivity index (χ1v) is 14.0. The molecular formula is C25H29N3O6S2. The number of aromatic nitrogens is 1. The minimum Gasteiger partial charge on any atom is -0.494 e. The predicted molar refractivity (Wildman–Crippen MR) is 136 cm³/mol. The summed E-state index contributed by atoms with van der Waals surface area (Å²) in [6.07, 6.45) is 0.758. The normalized spacial score (nSPS) is 15.8. The van der Waals surface area contributed by atoms with E-state index in [0.717, 1.165) is 15.8 Å². The fourth-order valence-electron chi connectivity index (χ4n) is 4.13. The second-order valence-corrected chi connectivity index (χ2v) is 11.5. The average Bonchev–Trinajstić information content (AvgIpc) is 3.20. The van der Waals surface area contributed by atoms with Gasteiger partial charge < -0.3 is 14.0 Å². The van der Waals surface area contributed by atoms with E-state index in [2.05, 4.69) is 4.99 Å². The van der Waals surface area contributed by atoms with Crippen LogP contribution >= 0.6 is 11.3 Å². The van der Waals surface area contributed by atoms with Crippen molar-refractivity contribution in [3.63, 3.8) is 0 Å². The Labute approximate surface area is 214 Å². The van der Waals surface area contributed by atoms with Crippen molar-refractivity contribution >= 4 is 43.5 Å². The van der Waals surface area contributed by atoms with E-state index in [0.29, 0.717) is 30.0 Å². The summed E-state index contributed by atoms with van der Waals surface area (Å²) in [4.78, 5) is 30.2. The third-order valence-corrected chi connectivity index (χ3v) is 9.10. The van der Waals surface area contributed by atoms with Crippen molar-refractivity contribution in [2.45, 2.75) is 38.1 Å². The largest absolute Gasteiger partial charge is 0.494 e. The number of nitrogens with zero attached hydrogens (tertiary/aromatic N) is 3. The first kappa shape index (κ1) is 26.1. The molecule has 192 valence electrons. The highest BCUT2D eigenvalue weighted by molar-refractivity contribution is 7.89. The summed E-state index contributed by atoms with van der Waals surface area (Å²) in [6, 6.07) is 12.3. The number of thiazole rings is 1. The van der Waals surface area contributed by atoms with Gasteiger partial charge in [-0.2, -0.15) is 9.30 Å². The van der Waals surface area contributed by atoms with Crippen molar-refractivity contribution in [2.24, 2.45) is 10.9 Å². The maximum Gasteiger partial charge on any atom is 0.325 e. The first-order valence-electron chi connectivity index (χ1n) is 11.7. The number of aryl methyl sites for hydroxylation is 1. The van der Waals surface area contributed by atoms with Gasteiger partial charge in [-0.1, -0.05) is 29.0 Å². The zero-order chi connectivity index (χ0) is 25.9. The number of carbonyl (C=O) groups is 2. The van der Waals surface area contributed by atoms with Crippen LogP contribution in [0.15, 0.2) is 52.4 Å². The number of piperidine rings is 1. The number of ether oxygens (including phenoxy) is 2. The maximum absolute atomic E-state index is 13.1. The number of amides is 1. The molecule has 0 unspecified atom stereocenters. The number of fused-ring (bicyclic) bond motifs is 1. The second kappa shape index (κ2) is 10.9. The van der Waals surface area contributed by atoms with Crippen LogP contribution in [0.1, 0.15) is 25.3 Å². The molecule has 0 radical (unpaired) electrons. The van der Waals surface area contributed by atoms with Gasteiger partial charge in [-0.25, -0.2) is 8.42 Å². The third-order valence-electron chi connectivity index (χ3n) is 6.15. The van der Waals surface area contributed by atoms with Crippen LogP contribution in [-0.2, 0) is 30.9 Å². The molecule has 1 saturated heterocycles. The van der Waals surface area contributed by atoms with Crippen molar-refractivity contribution in [3.05, 3.63) is 52.8 Å². The highest BCUT2D eigenvalue weighted by atomic mass is 32.2. The van der Waals surface area contributed by atoms with E-state index >= 15 is 0 Å². The Morgan fingerprint density at radius 3 is 2.44 bits per heavy atom. The predicted octanol–water partition coefficient (Wildman–Crippen LogP) is 3.11. The molecule has 1 amide bonds. The van der Waals surface area contributed by atoms with Gasteiger partial charge in [0.05, 0.1) is 28.8 Å². The molecule has 3 aromatic rings. The van der Waals surface area contributed by atoms with E-state index in [-0.39, 0.29) is 30.4 Å². The minimum absolute atomic E-state index is 0.0795. The summed E-state index contributed by atoms with van der Waals surface area (Å²) in [5, 5.41) is 0. The molecule has 0 spiro atoms. The van der Waals surface area contributed by atoms with E-state index in [9.17, 15) is 18.0 Å². The Morgan fingerprint density at radius 1 is 1.11 bits per heavy atom. The lowest BCUT2D eigenvalue weighted by molar-refractivity contribution is -0.141. The Morgan fingerprint density at radius 2 is 1.81 bits per heavy atom. The summed E-state index contributed by atoms with van der Waals surface area (Å²) in [5.41, 5.74) is 1.74. The fraction of sp³-hybridized carbons (Fsp3) is 0.400. The van der Waals surface area contributed by atoms with Crippen molar-refractivity contribution in [3.8, 4) is 5.75 Å². The number of methoxy groups -OCH3 is 1. The summed E-state index contributed by atoms with van der Waals surface area (Å²) in [6.45, 7) is 4.73. The lowest BCUT2D eigenvalue weighted by Crippen LogP contribution is -2.40. The van der Waals surface area contributed by atoms with Crippen molar-refractivity contribution < 1.29 is 27.5 Å². The molecule has 0 aliphatic carbocycles. The Hall–Kier alpha value is -3.02. The molecule has 11 heteroatoms. The number of sulfonamides is 1. The summed E-state index contributed by atoms with van der Waals surface area (Å²) in [5.74, 6) is -0.480. The van der Waals surface area contributed by atoms with E-state index in [1.807, 2.05) is 32.0 Å². The SMILES string of the molecule is CCOc1ccc2c(c1)sc(=NC(=O)C1CCN(S(=O)(=O)c3ccc(C)cc3)CC1)n2CC(=O)OC. The van der Waals surface area contributed by atoms with Gasteiger partial charge in [-0.05, 0) is 57.0 Å². The van der Waals surface area contributed by atoms with Crippen LogP contribution < -0.4 is 9.54 Å². The Bertz CT molecular complexity index is 1430. The molecule has 0 saturated carbocycles. The molecule has 0 bridgehead atoms. The zero-order valence-corrected chi connectivity index (χ0v) is 22.1. The number of esters is 1. The highest BCUT2D eigenvalue weighted by Crippen LogP contribution is 2.26. The van der Waals surface area contributed by atoms with Gasteiger partial charge in [-0.3, -0.25) is 9.59 Å². The van der Waals surface area contributed by atoms with Crippen LogP contribution in [0.25, 0.3) is 10.2 Å². The number of benzene rings is 2. The minimum atomic E-state index is -3.61. The third kappa shape index (κ3) is 5.53. The molecule has 1 aromatic heterocycles. The monoisotopic (exact) mass is 531 g/mol. The van der Waals surface area contributed by atoms with Crippen LogP contribution in [0.5, 0.6) is 5.75 Å². The summed E-state index contributed by atoms with van der Waals surface area (Å²) >= 11 is 1.29. The second-order valence-electron chi connectivity index (χ2n) is 8.55. The maximum atomic E-state index is 13.1. The van der Waals surface area contributed by atoms with Gasteiger partial charge in [-0.15, -0.1) is 0 Å². The molecule has 2 heterocycles. The fourth-order valence-corrected chi connectivity index (χ4v) is 6.66. The van der Waals surface area contributed by atoms with Crippen molar-refractivity contribution in [1.29, 1.82) is 0 Å². The van der Waals surface area contributed by atoms with Gasteiger partial charge in [0, 0.05) is 19.0 Å². The average molecular weight is 532 g/mol. The molecule has 9 nitrogen and oxygen atoms in total. The molecule has 36 heavy (non-hydrogen) atoms. The quantitative estimate of drug-likeness (QED) is 0.434. The molecule has 0 N–H and O–H groups in total. The van der Waals surface area contributed by atoms with Gasteiger partial charge in [0.15, 0.2) is 4.80 Å². The number of rotatable bonds is 7. The van der Waals surface area contributed by atoms with Crippen LogP contribution in [-0.4, -0.2) is 56.0 Å². The topological polar surface area (TPSA) is 107 Å². The van der Waals surface area contributed by atoms with Gasteiger partial charge >= 0.3 is 5.97 Å². The van der Waals surface area contributed by atoms with Gasteiger partial charge in [0.1, 0.15) is 12.3 Å². The Kier molecular flexibility index (Phi) is 7.91. The van der Waals surface area contributed by atoms with Crippen LogP contribution in [0, 0.1) is 12.8 Å². The molecule has 0 atom stereocenters. The van der Waals surface area contributed by atoms with E-state index < -0.39 is 21.9 Å². The standard InChI is InChI=1S/C25H29N3O6S2/c1-4-34-19-7-10-21-22(15-19)35-25(28(21)16-23(29)33-3)26-24(30)18-11-13-27(14-12-18)36(31,32)20-8-5-17(2)6-9-20/h5-10,15,18H,4,11-14,16H2,1-3H3. The number of hydrogen-bond donors (Lipinski definition) is 0. The van der Waals surface area contributed by atoms with Crippen molar-refractivity contribution in [2.75, 3.05) is 26.8 Å². The van der Waals surface area contributed by atoms with Crippen LogP contribution in [0.3, 0.4) is 0 Å². The molecule has 1 fully saturated rings. The summed E-state index contributed by atoms with van der Waals surface area (Å²) < 4.78 is 40.3. The van der Waals surface area contributed by atoms with E-state index in [1.165, 1.54) is 22.8 Å². The van der Waals surface area contributed by atoms with Crippen molar-refractivity contribution in [1.82, 2.24) is 8.87 Å². The summed E-state index contributed by atoms with van der Waals surface area (Å²) in [7, 11) is -2.30. The molecule has 4 rings (SSSR count). The lowest BCUT2D eigenvalue weighted by Gasteiger charge is -2.29. The lowest BCUT2D eigenvalue weighted by atomic mass is 9.98. The molecule has 2 aromatic carbocycles. The molecule has 1 aliphatic heterocycles. The van der Waals surface area contributed by atoms with E-state index in [4.69, 9.17) is 9.47 Å². The Balaban J connectivity index is 1.56. The molecular weight excluding hydrogens is 502 g/mol. The first-order chi connectivity index (χ1) is 17.2. The van der Waals surface area contributed by atoms with Crippen LogP contribution in [0.4, 0.5) is 0 Å².